The van der Waals surface area contributed by atoms with Gasteiger partial charge in [0, 0.05) is 44.0 Å². The first-order valence-electron chi connectivity index (χ1n) is 12.0. The van der Waals surface area contributed by atoms with E-state index in [4.69, 9.17) is 28.8 Å². The Morgan fingerprint density at radius 3 is 2.18 bits per heavy atom. The zero-order chi connectivity index (χ0) is 29.2. The van der Waals surface area contributed by atoms with E-state index >= 15 is 0 Å². The van der Waals surface area contributed by atoms with Gasteiger partial charge in [-0.25, -0.2) is 0 Å². The number of carbonyl (C=O) groups excluding carboxylic acids is 3. The van der Waals surface area contributed by atoms with Crippen LogP contribution in [-0.4, -0.2) is 66.0 Å². The molecule has 39 heavy (non-hydrogen) atoms. The van der Waals surface area contributed by atoms with Crippen molar-refractivity contribution < 1.29 is 32.7 Å². The van der Waals surface area contributed by atoms with Gasteiger partial charge in [0.15, 0.2) is 0 Å². The van der Waals surface area contributed by atoms with Crippen LogP contribution in [0.1, 0.15) is 24.0 Å². The van der Waals surface area contributed by atoms with E-state index in [1.807, 2.05) is 0 Å². The molecule has 2 rings (SSSR count). The molecule has 2 atom stereocenters. The lowest BCUT2D eigenvalue weighted by Gasteiger charge is -2.23. The number of nitrogens with one attached hydrogen (secondary N) is 2. The lowest BCUT2D eigenvalue weighted by Crippen LogP contribution is -2.51. The molecule has 0 heterocycles. The fourth-order valence-electron chi connectivity index (χ4n) is 3.62. The van der Waals surface area contributed by atoms with Crippen molar-refractivity contribution in [2.45, 2.75) is 37.5 Å². The molecule has 10 nitrogen and oxygen atoms in total. The van der Waals surface area contributed by atoms with E-state index in [1.165, 1.54) is 35.2 Å². The summed E-state index contributed by atoms with van der Waals surface area (Å²) in [7, 11) is 0. The SMILES string of the molecule is NCCN(CCN)C(=O)CCC(N)C(=O)NC(Cc1ccc(C(F)(F)F)cc1)C(=O)Nc1cc(Cl)ccc1O. The summed E-state index contributed by atoms with van der Waals surface area (Å²) in [6, 6.07) is 5.58. The number of halogens is 4. The van der Waals surface area contributed by atoms with Gasteiger partial charge in [0.1, 0.15) is 11.8 Å². The summed E-state index contributed by atoms with van der Waals surface area (Å²) in [4.78, 5) is 39.8. The highest BCUT2D eigenvalue weighted by atomic mass is 35.5. The number of benzene rings is 2. The maximum Gasteiger partial charge on any atom is 0.416 e. The smallest absolute Gasteiger partial charge is 0.416 e. The van der Waals surface area contributed by atoms with Crippen LogP contribution in [0.4, 0.5) is 18.9 Å². The highest BCUT2D eigenvalue weighted by molar-refractivity contribution is 6.31. The Kier molecular flexibility index (Phi) is 12.0. The molecular weight excluding hydrogens is 541 g/mol. The second kappa shape index (κ2) is 14.7. The molecule has 3 amide bonds. The van der Waals surface area contributed by atoms with Gasteiger partial charge in [0.25, 0.3) is 0 Å². The molecular formula is C25H32ClF3N6O4. The molecule has 14 heteroatoms. The van der Waals surface area contributed by atoms with Gasteiger partial charge in [0.2, 0.25) is 17.7 Å². The van der Waals surface area contributed by atoms with Crippen molar-refractivity contribution in [3.05, 3.63) is 58.6 Å². The van der Waals surface area contributed by atoms with E-state index in [0.717, 1.165) is 12.1 Å². The highest BCUT2D eigenvalue weighted by Crippen LogP contribution is 2.29. The van der Waals surface area contributed by atoms with Crippen LogP contribution in [0, 0.1) is 0 Å². The summed E-state index contributed by atoms with van der Waals surface area (Å²) in [6.07, 6.45) is -4.84. The van der Waals surface area contributed by atoms with Crippen molar-refractivity contribution in [1.82, 2.24) is 10.2 Å². The van der Waals surface area contributed by atoms with Gasteiger partial charge in [-0.05, 0) is 42.3 Å². The van der Waals surface area contributed by atoms with Gasteiger partial charge in [-0.2, -0.15) is 13.2 Å². The summed E-state index contributed by atoms with van der Waals surface area (Å²) in [5.41, 5.74) is 16.4. The summed E-state index contributed by atoms with van der Waals surface area (Å²) >= 11 is 5.92. The number of nitrogens with two attached hydrogens (primary N) is 3. The largest absolute Gasteiger partial charge is 0.506 e. The zero-order valence-corrected chi connectivity index (χ0v) is 21.8. The monoisotopic (exact) mass is 572 g/mol. The predicted octanol–water partition coefficient (Wildman–Crippen LogP) is 1.58. The molecule has 0 fully saturated rings. The Morgan fingerprint density at radius 2 is 1.62 bits per heavy atom. The Bertz CT molecular complexity index is 1130. The number of carbonyl (C=O) groups is 3. The van der Waals surface area contributed by atoms with E-state index in [0.29, 0.717) is 18.7 Å². The molecule has 0 bridgehead atoms. The summed E-state index contributed by atoms with van der Waals surface area (Å²) in [5, 5.41) is 15.2. The fraction of sp³-hybridized carbons (Fsp3) is 0.400. The normalized spacial score (nSPS) is 12.9. The molecule has 2 unspecified atom stereocenters. The number of phenols is 1. The molecule has 2 aromatic rings. The Morgan fingerprint density at radius 1 is 1.00 bits per heavy atom. The maximum absolute atomic E-state index is 13.1. The van der Waals surface area contributed by atoms with Crippen LogP contribution < -0.4 is 27.8 Å². The Balaban J connectivity index is 2.16. The molecule has 214 valence electrons. The van der Waals surface area contributed by atoms with Gasteiger partial charge in [0.05, 0.1) is 17.3 Å². The number of alkyl halides is 3. The van der Waals surface area contributed by atoms with Crippen molar-refractivity contribution in [3.63, 3.8) is 0 Å². The van der Waals surface area contributed by atoms with Crippen LogP contribution in [0.5, 0.6) is 5.75 Å². The predicted molar refractivity (Wildman–Crippen MR) is 141 cm³/mol. The third-order valence-corrected chi connectivity index (χ3v) is 5.96. The van der Waals surface area contributed by atoms with Gasteiger partial charge in [-0.3, -0.25) is 14.4 Å². The minimum atomic E-state index is -4.54. The third kappa shape index (κ3) is 10.0. The number of hydrogen-bond donors (Lipinski definition) is 6. The van der Waals surface area contributed by atoms with Crippen molar-refractivity contribution in [3.8, 4) is 5.75 Å². The van der Waals surface area contributed by atoms with Crippen molar-refractivity contribution in [1.29, 1.82) is 0 Å². The van der Waals surface area contributed by atoms with E-state index in [-0.39, 0.29) is 54.7 Å². The third-order valence-electron chi connectivity index (χ3n) is 5.73. The maximum atomic E-state index is 13.1. The molecule has 0 radical (unpaired) electrons. The van der Waals surface area contributed by atoms with E-state index in [9.17, 15) is 32.7 Å². The summed E-state index contributed by atoms with van der Waals surface area (Å²) < 4.78 is 38.8. The van der Waals surface area contributed by atoms with E-state index in [1.54, 1.807) is 0 Å². The van der Waals surface area contributed by atoms with Crippen molar-refractivity contribution in [2.24, 2.45) is 17.2 Å². The van der Waals surface area contributed by atoms with Gasteiger partial charge >= 0.3 is 6.18 Å². The number of anilines is 1. The van der Waals surface area contributed by atoms with E-state index in [2.05, 4.69) is 10.6 Å². The van der Waals surface area contributed by atoms with Crippen LogP contribution >= 0.6 is 11.6 Å². The quantitative estimate of drug-likeness (QED) is 0.197. The number of aromatic hydroxyl groups is 1. The number of nitrogens with zero attached hydrogens (tertiary/aromatic N) is 1. The van der Waals surface area contributed by atoms with E-state index < -0.39 is 35.6 Å². The van der Waals surface area contributed by atoms with Crippen LogP contribution in [0.15, 0.2) is 42.5 Å². The lowest BCUT2D eigenvalue weighted by molar-refractivity contribution is -0.137. The molecule has 0 saturated heterocycles. The molecule has 0 aliphatic carbocycles. The lowest BCUT2D eigenvalue weighted by atomic mass is 10.0. The van der Waals surface area contributed by atoms with Crippen LogP contribution in [0.25, 0.3) is 0 Å². The minimum absolute atomic E-state index is 0.0334. The molecule has 9 N–H and O–H groups in total. The highest BCUT2D eigenvalue weighted by Gasteiger charge is 2.31. The first kappa shape index (κ1) is 31.8. The zero-order valence-electron chi connectivity index (χ0n) is 21.0. The first-order valence-corrected chi connectivity index (χ1v) is 12.4. The average Bonchev–Trinajstić information content (AvgIpc) is 2.88. The van der Waals surface area contributed by atoms with Crippen LogP contribution in [-0.2, 0) is 27.0 Å². The average molecular weight is 573 g/mol. The number of amides is 3. The summed E-state index contributed by atoms with van der Waals surface area (Å²) in [5.74, 6) is -2.11. The van der Waals surface area contributed by atoms with Gasteiger partial charge < -0.3 is 37.8 Å². The van der Waals surface area contributed by atoms with Crippen LogP contribution in [0.2, 0.25) is 5.02 Å². The van der Waals surface area contributed by atoms with Gasteiger partial charge in [-0.1, -0.05) is 23.7 Å². The fourth-order valence-corrected chi connectivity index (χ4v) is 3.79. The van der Waals surface area contributed by atoms with Crippen LogP contribution in [0.3, 0.4) is 0 Å². The topological polar surface area (TPSA) is 177 Å². The second-order valence-corrected chi connectivity index (χ2v) is 9.15. The number of hydrogen-bond acceptors (Lipinski definition) is 7. The standard InChI is InChI=1S/C25H32ClF3N6O4/c26-17-5-7-21(36)19(14-17)33-24(39)20(13-15-1-3-16(4-2-15)25(27,28)29)34-23(38)18(32)6-8-22(37)35(11-9-30)12-10-31/h1-5,7,14,18,20,36H,6,8-13,30-32H2,(H,33,39)(H,34,38). The summed E-state index contributed by atoms with van der Waals surface area (Å²) in [6.45, 7) is 1.06. The van der Waals surface area contributed by atoms with Crippen molar-refractivity contribution >= 4 is 35.0 Å². The first-order chi connectivity index (χ1) is 18.3. The number of phenolic OH excluding ortho intramolecular Hbond substituents is 1. The molecule has 0 aliphatic heterocycles. The van der Waals surface area contributed by atoms with Gasteiger partial charge in [-0.15, -0.1) is 0 Å². The minimum Gasteiger partial charge on any atom is -0.506 e. The Labute approximate surface area is 228 Å². The Hall–Kier alpha value is -3.39. The molecule has 0 spiro atoms. The molecule has 0 aromatic heterocycles. The molecule has 0 saturated carbocycles. The molecule has 0 aliphatic rings. The number of rotatable bonds is 13. The second-order valence-electron chi connectivity index (χ2n) is 8.71. The van der Waals surface area contributed by atoms with Crippen molar-refractivity contribution in [2.75, 3.05) is 31.5 Å². The molecule has 2 aromatic carbocycles.